The summed E-state index contributed by atoms with van der Waals surface area (Å²) in [6.07, 6.45) is 4.12. The van der Waals surface area contributed by atoms with Crippen molar-refractivity contribution >= 4 is 5.97 Å². The van der Waals surface area contributed by atoms with Gasteiger partial charge in [0.2, 0.25) is 0 Å². The Morgan fingerprint density at radius 2 is 2.10 bits per heavy atom. The zero-order valence-electron chi connectivity index (χ0n) is 12.3. The highest BCUT2D eigenvalue weighted by Gasteiger charge is 2.35. The van der Waals surface area contributed by atoms with E-state index in [9.17, 15) is 9.90 Å². The molecule has 0 bridgehead atoms. The standard InChI is InChI=1S/C14H22N4O3/c1-21-14(20)12-13(9-5-7-15-8-6-9)18(17-16-12)10-3-2-4-11(10)19/h9-11,15,19H,2-8H2,1H3. The topological polar surface area (TPSA) is 89.3 Å². The fourth-order valence-electron chi connectivity index (χ4n) is 3.47. The number of carbonyl (C=O) groups is 1. The number of aliphatic hydroxyl groups excluding tert-OH is 1. The van der Waals surface area contributed by atoms with Crippen LogP contribution in [0.2, 0.25) is 0 Å². The molecule has 7 heteroatoms. The molecule has 1 saturated heterocycles. The van der Waals surface area contributed by atoms with Crippen LogP contribution in [0.5, 0.6) is 0 Å². The fourth-order valence-corrected chi connectivity index (χ4v) is 3.47. The Balaban J connectivity index is 1.98. The van der Waals surface area contributed by atoms with E-state index in [2.05, 4.69) is 15.6 Å². The quantitative estimate of drug-likeness (QED) is 0.794. The fraction of sp³-hybridized carbons (Fsp3) is 0.786. The molecule has 3 rings (SSSR count). The molecule has 1 aromatic heterocycles. The van der Waals surface area contributed by atoms with E-state index in [-0.39, 0.29) is 12.0 Å². The van der Waals surface area contributed by atoms with E-state index < -0.39 is 12.1 Å². The average Bonchev–Trinajstić information content (AvgIpc) is 3.13. The zero-order valence-corrected chi connectivity index (χ0v) is 12.3. The van der Waals surface area contributed by atoms with E-state index in [1.54, 1.807) is 4.68 Å². The Hall–Kier alpha value is -1.47. The summed E-state index contributed by atoms with van der Waals surface area (Å²) in [5.41, 5.74) is 1.15. The number of hydrogen-bond donors (Lipinski definition) is 2. The Morgan fingerprint density at radius 1 is 1.33 bits per heavy atom. The molecule has 2 unspecified atom stereocenters. The lowest BCUT2D eigenvalue weighted by Crippen LogP contribution is -2.30. The molecule has 1 saturated carbocycles. The van der Waals surface area contributed by atoms with Crippen molar-refractivity contribution in [1.29, 1.82) is 0 Å². The van der Waals surface area contributed by atoms with Crippen LogP contribution in [-0.2, 0) is 4.74 Å². The van der Waals surface area contributed by atoms with Gasteiger partial charge >= 0.3 is 5.97 Å². The maximum atomic E-state index is 12.0. The summed E-state index contributed by atoms with van der Waals surface area (Å²) in [5.74, 6) is -0.203. The summed E-state index contributed by atoms with van der Waals surface area (Å²) in [4.78, 5) is 12.0. The van der Waals surface area contributed by atoms with Crippen LogP contribution in [0, 0.1) is 0 Å². The van der Waals surface area contributed by atoms with Gasteiger partial charge in [-0.2, -0.15) is 0 Å². The first-order valence-corrected chi connectivity index (χ1v) is 7.64. The van der Waals surface area contributed by atoms with Crippen molar-refractivity contribution < 1.29 is 14.6 Å². The normalized spacial score (nSPS) is 27.0. The number of carbonyl (C=O) groups excluding carboxylic acids is 1. The molecule has 2 heterocycles. The minimum atomic E-state index is -0.442. The molecule has 116 valence electrons. The van der Waals surface area contributed by atoms with Gasteiger partial charge in [-0.25, -0.2) is 9.48 Å². The second-order valence-electron chi connectivity index (χ2n) is 5.85. The van der Waals surface area contributed by atoms with Gasteiger partial charge in [-0.15, -0.1) is 5.10 Å². The monoisotopic (exact) mass is 294 g/mol. The molecule has 1 aromatic rings. The van der Waals surface area contributed by atoms with Crippen molar-refractivity contribution in [3.05, 3.63) is 11.4 Å². The first-order chi connectivity index (χ1) is 10.2. The molecule has 0 aromatic carbocycles. The summed E-state index contributed by atoms with van der Waals surface area (Å²) in [5, 5.41) is 21.7. The molecule has 2 N–H and O–H groups in total. The van der Waals surface area contributed by atoms with E-state index in [0.29, 0.717) is 5.69 Å². The number of piperidine rings is 1. The molecule has 2 fully saturated rings. The van der Waals surface area contributed by atoms with Crippen LogP contribution in [-0.4, -0.2) is 52.4 Å². The molecule has 7 nitrogen and oxygen atoms in total. The van der Waals surface area contributed by atoms with Crippen LogP contribution in [0.1, 0.15) is 60.2 Å². The SMILES string of the molecule is COC(=O)c1nnn(C2CCCC2O)c1C1CCNCC1. The Labute approximate surface area is 123 Å². The third kappa shape index (κ3) is 2.67. The van der Waals surface area contributed by atoms with Crippen molar-refractivity contribution in [2.24, 2.45) is 0 Å². The Bertz CT molecular complexity index is 510. The minimum Gasteiger partial charge on any atom is -0.464 e. The van der Waals surface area contributed by atoms with Crippen LogP contribution in [0.15, 0.2) is 0 Å². The van der Waals surface area contributed by atoms with E-state index in [1.807, 2.05) is 0 Å². The lowest BCUT2D eigenvalue weighted by molar-refractivity contribution is 0.0591. The Morgan fingerprint density at radius 3 is 2.71 bits per heavy atom. The molecule has 0 amide bonds. The minimum absolute atomic E-state index is 0.0687. The van der Waals surface area contributed by atoms with Gasteiger partial charge in [0.1, 0.15) is 0 Å². The maximum absolute atomic E-state index is 12.0. The Kier molecular flexibility index (Phi) is 4.21. The highest BCUT2D eigenvalue weighted by Crippen LogP contribution is 2.35. The maximum Gasteiger partial charge on any atom is 0.360 e. The van der Waals surface area contributed by atoms with E-state index in [4.69, 9.17) is 4.74 Å². The van der Waals surface area contributed by atoms with Crippen LogP contribution < -0.4 is 5.32 Å². The number of nitrogens with one attached hydrogen (secondary N) is 1. The van der Waals surface area contributed by atoms with Crippen molar-refractivity contribution in [3.63, 3.8) is 0 Å². The summed E-state index contributed by atoms with van der Waals surface area (Å²) in [6.45, 7) is 1.84. The first-order valence-electron chi connectivity index (χ1n) is 7.64. The predicted molar refractivity (Wildman–Crippen MR) is 75.1 cm³/mol. The van der Waals surface area contributed by atoms with Crippen LogP contribution in [0.4, 0.5) is 0 Å². The van der Waals surface area contributed by atoms with E-state index in [0.717, 1.165) is 50.9 Å². The van der Waals surface area contributed by atoms with E-state index in [1.165, 1.54) is 7.11 Å². The molecular weight excluding hydrogens is 272 g/mol. The summed E-state index contributed by atoms with van der Waals surface area (Å²) < 4.78 is 6.63. The number of hydrogen-bond acceptors (Lipinski definition) is 6. The van der Waals surface area contributed by atoms with Gasteiger partial charge in [0.25, 0.3) is 0 Å². The predicted octanol–water partition coefficient (Wildman–Crippen LogP) is 0.618. The van der Waals surface area contributed by atoms with Gasteiger partial charge < -0.3 is 15.2 Å². The molecule has 2 aliphatic rings. The third-order valence-corrected chi connectivity index (χ3v) is 4.59. The molecule has 21 heavy (non-hydrogen) atoms. The van der Waals surface area contributed by atoms with Crippen molar-refractivity contribution in [3.8, 4) is 0 Å². The number of aromatic nitrogens is 3. The molecular formula is C14H22N4O3. The molecule has 0 radical (unpaired) electrons. The highest BCUT2D eigenvalue weighted by atomic mass is 16.5. The van der Waals surface area contributed by atoms with Crippen LogP contribution in [0.25, 0.3) is 0 Å². The first kappa shape index (κ1) is 14.5. The average molecular weight is 294 g/mol. The summed E-state index contributed by atoms with van der Waals surface area (Å²) >= 11 is 0. The van der Waals surface area contributed by atoms with Gasteiger partial charge in [0.15, 0.2) is 5.69 Å². The number of esters is 1. The van der Waals surface area contributed by atoms with Gasteiger partial charge in [0, 0.05) is 5.92 Å². The van der Waals surface area contributed by atoms with E-state index >= 15 is 0 Å². The zero-order chi connectivity index (χ0) is 14.8. The van der Waals surface area contributed by atoms with Crippen molar-refractivity contribution in [1.82, 2.24) is 20.3 Å². The highest BCUT2D eigenvalue weighted by molar-refractivity contribution is 5.88. The van der Waals surface area contributed by atoms with Gasteiger partial charge in [-0.05, 0) is 45.2 Å². The molecule has 1 aliphatic carbocycles. The number of ether oxygens (including phenoxy) is 1. The van der Waals surface area contributed by atoms with Gasteiger partial charge in [0.05, 0.1) is 24.9 Å². The number of rotatable bonds is 3. The van der Waals surface area contributed by atoms with Crippen LogP contribution in [0.3, 0.4) is 0 Å². The lowest BCUT2D eigenvalue weighted by atomic mass is 9.92. The second-order valence-corrected chi connectivity index (χ2v) is 5.85. The van der Waals surface area contributed by atoms with Crippen molar-refractivity contribution in [2.45, 2.75) is 50.2 Å². The molecule has 0 spiro atoms. The number of methoxy groups -OCH3 is 1. The largest absolute Gasteiger partial charge is 0.464 e. The molecule has 1 aliphatic heterocycles. The third-order valence-electron chi connectivity index (χ3n) is 4.59. The number of aliphatic hydroxyl groups is 1. The molecule has 2 atom stereocenters. The summed E-state index contributed by atoms with van der Waals surface area (Å²) in [7, 11) is 1.36. The van der Waals surface area contributed by atoms with Gasteiger partial charge in [-0.1, -0.05) is 5.21 Å². The van der Waals surface area contributed by atoms with Crippen molar-refractivity contribution in [2.75, 3.05) is 20.2 Å². The summed E-state index contributed by atoms with van der Waals surface area (Å²) in [6, 6.07) is -0.0687. The van der Waals surface area contributed by atoms with Crippen LogP contribution >= 0.6 is 0 Å². The second kappa shape index (κ2) is 6.11. The smallest absolute Gasteiger partial charge is 0.360 e. The number of nitrogens with zero attached hydrogens (tertiary/aromatic N) is 3. The lowest BCUT2D eigenvalue weighted by Gasteiger charge is -2.26. The van der Waals surface area contributed by atoms with Gasteiger partial charge in [-0.3, -0.25) is 0 Å².